The van der Waals surface area contributed by atoms with Gasteiger partial charge in [0.15, 0.2) is 18.7 Å². The van der Waals surface area contributed by atoms with Crippen molar-refractivity contribution in [2.24, 2.45) is 35.5 Å². The first-order chi connectivity index (χ1) is 33.5. The Hall–Kier alpha value is -1.81. The summed E-state index contributed by atoms with van der Waals surface area (Å²) in [6, 6.07) is 10.1. The molecule has 3 aliphatic carbocycles. The van der Waals surface area contributed by atoms with Crippen molar-refractivity contribution in [3.05, 3.63) is 30.3 Å². The Bertz CT molecular complexity index is 1640. The van der Waals surface area contributed by atoms with E-state index in [4.69, 9.17) is 47.7 Å². The van der Waals surface area contributed by atoms with Crippen LogP contribution in [0.3, 0.4) is 0 Å². The van der Waals surface area contributed by atoms with Gasteiger partial charge in [0.1, 0.15) is 17.6 Å². The van der Waals surface area contributed by atoms with Gasteiger partial charge in [-0.1, -0.05) is 150 Å². The van der Waals surface area contributed by atoms with E-state index in [9.17, 15) is 9.59 Å². The number of carbonyl (C=O) groups is 2. The fourth-order valence-corrected chi connectivity index (χ4v) is 12.7. The zero-order chi connectivity index (χ0) is 51.0. The van der Waals surface area contributed by atoms with Gasteiger partial charge in [-0.2, -0.15) is 0 Å². The van der Waals surface area contributed by atoms with E-state index in [0.29, 0.717) is 23.7 Å². The summed E-state index contributed by atoms with van der Waals surface area (Å²) in [5.41, 5.74) is -0.146. The van der Waals surface area contributed by atoms with Gasteiger partial charge in [-0.05, 0) is 93.6 Å². The fraction of sp³-hybridized carbons (Fsp3) is 0.860. The zero-order valence-electron chi connectivity index (χ0n) is 45.4. The van der Waals surface area contributed by atoms with Gasteiger partial charge in [0.05, 0.1) is 36.6 Å². The number of hydrogen-bond acceptors (Lipinski definition) is 13. The number of aliphatic hydroxyl groups excluding tert-OH is 1. The smallest absolute Gasteiger partial charge is 0.303 e. The van der Waals surface area contributed by atoms with Gasteiger partial charge in [-0.15, -0.1) is 0 Å². The Labute approximate surface area is 427 Å². The molecular weight excluding hydrogens is 909 g/mol. The summed E-state index contributed by atoms with van der Waals surface area (Å²) in [5, 5.41) is 8.91. The van der Waals surface area contributed by atoms with Crippen LogP contribution in [0.1, 0.15) is 199 Å². The number of fused-ring (bicyclic) bond motifs is 1. The summed E-state index contributed by atoms with van der Waals surface area (Å²) in [7, 11) is 0. The molecule has 16 unspecified atom stereocenters. The molecule has 0 amide bonds. The molecule has 13 heteroatoms. The average molecular weight is 1010 g/mol. The lowest BCUT2D eigenvalue weighted by Crippen LogP contribution is -2.52. The molecule has 7 aliphatic rings. The van der Waals surface area contributed by atoms with Crippen molar-refractivity contribution in [3.8, 4) is 0 Å². The van der Waals surface area contributed by atoms with Gasteiger partial charge in [-0.3, -0.25) is 14.3 Å². The highest BCUT2D eigenvalue weighted by molar-refractivity contribution is 7.99. The maximum absolute atomic E-state index is 11.4. The first-order valence-corrected chi connectivity index (χ1v) is 28.7. The van der Waals surface area contributed by atoms with Crippen LogP contribution in [0.5, 0.6) is 0 Å². The quantitative estimate of drug-likeness (QED) is 0.211. The minimum Gasteiger partial charge on any atom is -0.459 e. The normalized spacial score (nSPS) is 38.3. The Morgan fingerprint density at radius 3 is 1.59 bits per heavy atom. The number of esters is 2. The van der Waals surface area contributed by atoms with Crippen molar-refractivity contribution >= 4 is 23.7 Å². The van der Waals surface area contributed by atoms with Gasteiger partial charge < -0.3 is 43.0 Å². The predicted octanol–water partition coefficient (Wildman–Crippen LogP) is 12.9. The van der Waals surface area contributed by atoms with Crippen LogP contribution >= 0.6 is 11.8 Å². The Morgan fingerprint density at radius 1 is 0.600 bits per heavy atom. The zero-order valence-corrected chi connectivity index (χ0v) is 46.2. The highest BCUT2D eigenvalue weighted by atomic mass is 32.2. The molecule has 16 atom stereocenters. The summed E-state index contributed by atoms with van der Waals surface area (Å²) in [4.78, 5) is 24.0. The number of rotatable bonds is 11. The Balaban J connectivity index is 0.000000182. The first kappa shape index (κ1) is 59.1. The summed E-state index contributed by atoms with van der Waals surface area (Å²) in [6.07, 6.45) is 20.8. The van der Waals surface area contributed by atoms with Crippen LogP contribution in [0, 0.1) is 35.5 Å². The summed E-state index contributed by atoms with van der Waals surface area (Å²) < 4.78 is 54.1. The molecule has 0 bridgehead atoms. The summed E-state index contributed by atoms with van der Waals surface area (Å²) >= 11 is 1.64. The minimum absolute atomic E-state index is 0.0172. The number of benzene rings is 1. The fourth-order valence-electron chi connectivity index (χ4n) is 11.5. The van der Waals surface area contributed by atoms with Crippen LogP contribution < -0.4 is 0 Å². The van der Waals surface area contributed by atoms with Gasteiger partial charge in [0.2, 0.25) is 0 Å². The molecule has 4 aliphatic heterocycles. The van der Waals surface area contributed by atoms with Gasteiger partial charge >= 0.3 is 11.9 Å². The number of carbonyl (C=O) groups excluding carboxylic acids is 2. The number of ether oxygens (including phenoxy) is 9. The standard InChI is InChI=1S/2C17H30O4.C17H24O3S.C6H12O/c1-5-14-11(2)12(3)15-16(18-14)21-17(4,20-15)19-13-9-7-6-8-10-13;1-5-15-11(2)12(3)16(19-13(4)18)17(21-15)20-14-9-7-6-8-10-14;1-5-15-11(2)12(3)16(19-13(4)18)17(20-15)21-14-9-7-6-8-10-14;7-6-4-2-1-3-5-6/h11-16H,5-10H2,1-4H3;11-12,14-17H,5-10H2,1-4H3;6-12,15-17H,5H2,1-4H3;6-7H,1-5H2. The molecule has 1 N–H and O–H groups in total. The third kappa shape index (κ3) is 17.4. The van der Waals surface area contributed by atoms with Crippen LogP contribution in [-0.4, -0.2) is 96.0 Å². The lowest BCUT2D eigenvalue weighted by Gasteiger charge is -2.44. The molecule has 4 heterocycles. The molecule has 0 radical (unpaired) electrons. The second-order valence-electron chi connectivity index (χ2n) is 21.7. The molecule has 1 aromatic rings. The lowest BCUT2D eigenvalue weighted by atomic mass is 9.82. The Morgan fingerprint density at radius 2 is 1.07 bits per heavy atom. The molecule has 0 spiro atoms. The van der Waals surface area contributed by atoms with Crippen LogP contribution in [0.2, 0.25) is 0 Å². The second-order valence-corrected chi connectivity index (χ2v) is 22.9. The minimum atomic E-state index is -0.937. The van der Waals surface area contributed by atoms with Crippen LogP contribution in [0.25, 0.3) is 0 Å². The van der Waals surface area contributed by atoms with E-state index in [1.54, 1.807) is 11.8 Å². The van der Waals surface area contributed by atoms with Crippen molar-refractivity contribution < 1.29 is 57.3 Å². The van der Waals surface area contributed by atoms with E-state index in [1.165, 1.54) is 71.6 Å². The molecule has 7 fully saturated rings. The van der Waals surface area contributed by atoms with E-state index in [2.05, 4.69) is 74.4 Å². The molecule has 0 aromatic heterocycles. The topological polar surface area (TPSA) is 137 Å². The largest absolute Gasteiger partial charge is 0.459 e. The van der Waals surface area contributed by atoms with Crippen molar-refractivity contribution in [2.75, 3.05) is 0 Å². The molecule has 3 saturated carbocycles. The molecule has 12 nitrogen and oxygen atoms in total. The number of thioether (sulfide) groups is 1. The average Bonchev–Trinajstić information content (AvgIpc) is 3.69. The lowest BCUT2D eigenvalue weighted by molar-refractivity contribution is -0.360. The van der Waals surface area contributed by atoms with E-state index < -0.39 is 12.3 Å². The van der Waals surface area contributed by atoms with Crippen molar-refractivity contribution in [2.45, 2.75) is 282 Å². The molecule has 8 rings (SSSR count). The number of hydrogen-bond donors (Lipinski definition) is 1. The van der Waals surface area contributed by atoms with Crippen molar-refractivity contribution in [3.63, 3.8) is 0 Å². The summed E-state index contributed by atoms with van der Waals surface area (Å²) in [6.45, 7) is 24.4. The van der Waals surface area contributed by atoms with E-state index in [1.807, 2.05) is 25.1 Å². The molecule has 402 valence electrons. The van der Waals surface area contributed by atoms with Crippen molar-refractivity contribution in [1.82, 2.24) is 0 Å². The molecule has 1 aromatic carbocycles. The van der Waals surface area contributed by atoms with E-state index in [0.717, 1.165) is 62.7 Å². The highest BCUT2D eigenvalue weighted by Gasteiger charge is 2.54. The Kier molecular flexibility index (Phi) is 24.7. The van der Waals surface area contributed by atoms with Gasteiger partial charge in [0, 0.05) is 37.5 Å². The van der Waals surface area contributed by atoms with E-state index >= 15 is 0 Å². The third-order valence-electron chi connectivity index (χ3n) is 16.4. The second kappa shape index (κ2) is 29.3. The maximum atomic E-state index is 11.4. The van der Waals surface area contributed by atoms with Crippen LogP contribution in [0.15, 0.2) is 35.2 Å². The highest BCUT2D eigenvalue weighted by Crippen LogP contribution is 2.45. The SMILES string of the molecule is CCC1OC(OC2CCCCC2)C(OC(C)=O)C(C)C1C.CCC1OC(Sc2ccccc2)C(OC(C)=O)C(C)C1C.CCC1OC2OC(C)(OC3CCCCC3)OC2C(C)C1C.OC1CCCCC1. The molecule has 4 saturated heterocycles. The van der Waals surface area contributed by atoms with E-state index in [-0.39, 0.29) is 90.4 Å². The van der Waals surface area contributed by atoms with Crippen LogP contribution in [0.4, 0.5) is 0 Å². The third-order valence-corrected chi connectivity index (χ3v) is 17.6. The molecular formula is C57H96O12S. The first-order valence-electron chi connectivity index (χ1n) is 27.9. The summed E-state index contributed by atoms with van der Waals surface area (Å²) in [5.74, 6) is 0.759. The molecule has 70 heavy (non-hydrogen) atoms. The predicted molar refractivity (Wildman–Crippen MR) is 275 cm³/mol. The van der Waals surface area contributed by atoms with Crippen LogP contribution in [-0.2, 0) is 52.2 Å². The maximum Gasteiger partial charge on any atom is 0.303 e. The monoisotopic (exact) mass is 1000 g/mol. The van der Waals surface area contributed by atoms with Gasteiger partial charge in [0.25, 0.3) is 5.97 Å². The number of aliphatic hydroxyl groups is 1. The van der Waals surface area contributed by atoms with Crippen molar-refractivity contribution in [1.29, 1.82) is 0 Å². The van der Waals surface area contributed by atoms with Gasteiger partial charge in [-0.25, -0.2) is 0 Å².